The van der Waals surface area contributed by atoms with Crippen LogP contribution in [0.3, 0.4) is 0 Å². The molecule has 0 saturated heterocycles. The molecule has 4 nitrogen and oxygen atoms in total. The maximum absolute atomic E-state index is 11.4. The summed E-state index contributed by atoms with van der Waals surface area (Å²) in [7, 11) is 0. The summed E-state index contributed by atoms with van der Waals surface area (Å²) in [5.74, 6) is 0.130. The van der Waals surface area contributed by atoms with Crippen LogP contribution in [-0.2, 0) is 0 Å². The van der Waals surface area contributed by atoms with Crippen LogP contribution in [-0.4, -0.2) is 10.1 Å². The van der Waals surface area contributed by atoms with Crippen LogP contribution in [0.25, 0.3) is 0 Å². The fourth-order valence-corrected chi connectivity index (χ4v) is 1.64. The molecular weight excluding hydrogens is 300 g/mol. The molecule has 0 aromatic carbocycles. The number of aromatic amines is 1. The summed E-state index contributed by atoms with van der Waals surface area (Å²) in [5.41, 5.74) is 0.413. The third-order valence-electron chi connectivity index (χ3n) is 3.10. The Bertz CT molecular complexity index is 590. The van der Waals surface area contributed by atoms with E-state index in [0.29, 0.717) is 5.69 Å². The molecule has 4 heteroatoms. The normalized spacial score (nSPS) is 11.6. The maximum Gasteiger partial charge on any atom is 0.266 e. The van der Waals surface area contributed by atoms with Gasteiger partial charge in [-0.05, 0) is 31.2 Å². The first-order chi connectivity index (χ1) is 11.5. The number of allylic oxidation sites excluding steroid dienone is 3. The van der Waals surface area contributed by atoms with Crippen molar-refractivity contribution in [1.82, 2.24) is 4.98 Å². The Balaban J connectivity index is 0. The van der Waals surface area contributed by atoms with Gasteiger partial charge in [0.2, 0.25) is 0 Å². The van der Waals surface area contributed by atoms with E-state index < -0.39 is 0 Å². The number of rotatable bonds is 5. The Hall–Kier alpha value is -2.28. The molecule has 134 valence electrons. The van der Waals surface area contributed by atoms with E-state index >= 15 is 0 Å². The molecule has 0 aliphatic heterocycles. The Morgan fingerprint density at radius 3 is 2.29 bits per heavy atom. The number of nitrogens with one attached hydrogen (secondary N) is 1. The molecule has 0 aliphatic rings. The summed E-state index contributed by atoms with van der Waals surface area (Å²) >= 11 is 0. The smallest absolute Gasteiger partial charge is 0.266 e. The molecule has 1 aromatic heterocycles. The number of nitriles is 1. The summed E-state index contributed by atoms with van der Waals surface area (Å²) in [6.45, 7) is 12.0. The van der Waals surface area contributed by atoms with Crippen molar-refractivity contribution >= 4 is 0 Å². The maximum atomic E-state index is 11.4. The van der Waals surface area contributed by atoms with Crippen molar-refractivity contribution in [2.24, 2.45) is 0 Å². The standard InChI is InChI=1S/C13H14N2O2.C5H12.C2H6/c1-3-11(16)6-4-9(2)12-7-5-10(8-14)13(17)15-12;1-3-5-4-2;1-2/h3-7,9,16H,1-2H3,(H,15,17);3-5H2,1-2H3;1-2H3/b6-4-,11-3+;;. The predicted octanol–water partition coefficient (Wildman–Crippen LogP) is 5.59. The highest BCUT2D eigenvalue weighted by atomic mass is 16.3. The van der Waals surface area contributed by atoms with Gasteiger partial charge < -0.3 is 10.1 Å². The minimum Gasteiger partial charge on any atom is -0.508 e. The number of hydrogen-bond donors (Lipinski definition) is 2. The average molecular weight is 332 g/mol. The van der Waals surface area contributed by atoms with Gasteiger partial charge in [-0.25, -0.2) is 0 Å². The zero-order chi connectivity index (χ0) is 19.0. The molecule has 0 saturated carbocycles. The Kier molecular flexibility index (Phi) is 15.6. The number of aliphatic hydroxyl groups is 1. The van der Waals surface area contributed by atoms with E-state index in [4.69, 9.17) is 5.26 Å². The summed E-state index contributed by atoms with van der Waals surface area (Å²) in [6.07, 6.45) is 8.99. The van der Waals surface area contributed by atoms with Gasteiger partial charge in [-0.2, -0.15) is 5.26 Å². The van der Waals surface area contributed by atoms with Gasteiger partial charge in [-0.15, -0.1) is 0 Å². The number of pyridine rings is 1. The number of aromatic nitrogens is 1. The lowest BCUT2D eigenvalue weighted by atomic mass is 10.1. The molecule has 0 amide bonds. The lowest BCUT2D eigenvalue weighted by molar-refractivity contribution is 0.431. The topological polar surface area (TPSA) is 76.9 Å². The Morgan fingerprint density at radius 2 is 1.92 bits per heavy atom. The molecule has 0 fully saturated rings. The fraction of sp³-hybridized carbons (Fsp3) is 0.500. The first kappa shape index (κ1) is 24.0. The van der Waals surface area contributed by atoms with Crippen molar-refractivity contribution in [2.45, 2.75) is 66.7 Å². The number of hydrogen-bond acceptors (Lipinski definition) is 3. The second kappa shape index (κ2) is 15.6. The van der Waals surface area contributed by atoms with Gasteiger partial charge in [0, 0.05) is 11.6 Å². The van der Waals surface area contributed by atoms with E-state index in [1.165, 1.54) is 25.3 Å². The molecule has 1 unspecified atom stereocenters. The van der Waals surface area contributed by atoms with Crippen LogP contribution < -0.4 is 5.56 Å². The summed E-state index contributed by atoms with van der Waals surface area (Å²) in [4.78, 5) is 14.0. The molecular formula is C20H32N2O2. The van der Waals surface area contributed by atoms with Crippen LogP contribution in [0.1, 0.15) is 78.0 Å². The molecule has 0 aliphatic carbocycles. The largest absolute Gasteiger partial charge is 0.508 e. The minimum atomic E-state index is -0.388. The van der Waals surface area contributed by atoms with Gasteiger partial charge in [-0.3, -0.25) is 4.79 Å². The summed E-state index contributed by atoms with van der Waals surface area (Å²) in [6, 6.07) is 5.00. The van der Waals surface area contributed by atoms with Gasteiger partial charge in [-0.1, -0.05) is 60.0 Å². The lowest BCUT2D eigenvalue weighted by Gasteiger charge is -2.06. The zero-order valence-corrected chi connectivity index (χ0v) is 15.9. The summed E-state index contributed by atoms with van der Waals surface area (Å²) in [5, 5.41) is 17.9. The monoisotopic (exact) mass is 332 g/mol. The molecule has 1 heterocycles. The van der Waals surface area contributed by atoms with Crippen molar-refractivity contribution in [3.05, 3.63) is 57.7 Å². The van der Waals surface area contributed by atoms with E-state index in [2.05, 4.69) is 18.8 Å². The van der Waals surface area contributed by atoms with Crippen LogP contribution in [0.2, 0.25) is 0 Å². The van der Waals surface area contributed by atoms with Crippen molar-refractivity contribution in [3.63, 3.8) is 0 Å². The molecule has 0 radical (unpaired) electrons. The highest BCUT2D eigenvalue weighted by molar-refractivity contribution is 5.29. The number of nitrogens with zero attached hydrogens (tertiary/aromatic N) is 1. The lowest BCUT2D eigenvalue weighted by Crippen LogP contribution is -2.12. The van der Waals surface area contributed by atoms with Crippen LogP contribution in [0.15, 0.2) is 40.9 Å². The van der Waals surface area contributed by atoms with Crippen molar-refractivity contribution in [2.75, 3.05) is 0 Å². The third kappa shape index (κ3) is 10.4. The molecule has 24 heavy (non-hydrogen) atoms. The first-order valence-electron chi connectivity index (χ1n) is 8.66. The number of H-pyrrole nitrogens is 1. The average Bonchev–Trinajstić information content (AvgIpc) is 2.62. The molecule has 1 atom stereocenters. The number of unbranched alkanes of at least 4 members (excludes halogenated alkanes) is 2. The minimum absolute atomic E-state index is 0.0439. The zero-order valence-electron chi connectivity index (χ0n) is 15.9. The van der Waals surface area contributed by atoms with Crippen LogP contribution in [0.5, 0.6) is 0 Å². The van der Waals surface area contributed by atoms with Crippen molar-refractivity contribution < 1.29 is 5.11 Å². The molecule has 0 spiro atoms. The number of aliphatic hydroxyl groups excluding tert-OH is 1. The Labute approximate surface area is 146 Å². The first-order valence-corrected chi connectivity index (χ1v) is 8.66. The van der Waals surface area contributed by atoms with Gasteiger partial charge in [0.25, 0.3) is 5.56 Å². The summed E-state index contributed by atoms with van der Waals surface area (Å²) < 4.78 is 0. The highest BCUT2D eigenvalue weighted by Gasteiger charge is 2.05. The van der Waals surface area contributed by atoms with E-state index in [9.17, 15) is 9.90 Å². The van der Waals surface area contributed by atoms with Crippen LogP contribution >= 0.6 is 0 Å². The predicted molar refractivity (Wildman–Crippen MR) is 102 cm³/mol. The fourth-order valence-electron chi connectivity index (χ4n) is 1.64. The van der Waals surface area contributed by atoms with Crippen molar-refractivity contribution in [1.29, 1.82) is 5.26 Å². The van der Waals surface area contributed by atoms with Crippen LogP contribution in [0, 0.1) is 11.3 Å². The van der Waals surface area contributed by atoms with E-state index in [-0.39, 0.29) is 22.8 Å². The van der Waals surface area contributed by atoms with Gasteiger partial charge in [0.05, 0.1) is 0 Å². The molecule has 1 aromatic rings. The van der Waals surface area contributed by atoms with E-state index in [0.717, 1.165) is 0 Å². The van der Waals surface area contributed by atoms with E-state index in [1.54, 1.807) is 31.2 Å². The quantitative estimate of drug-likeness (QED) is 0.545. The molecule has 0 bridgehead atoms. The highest BCUT2D eigenvalue weighted by Crippen LogP contribution is 2.13. The second-order valence-electron chi connectivity index (χ2n) is 4.98. The molecule has 1 rings (SSSR count). The van der Waals surface area contributed by atoms with Crippen molar-refractivity contribution in [3.8, 4) is 6.07 Å². The SMILES string of the molecule is C/C=C(O)\C=C/C(C)c1ccc(C#N)c(=O)[nH]1.CC.CCCCC. The van der Waals surface area contributed by atoms with Crippen LogP contribution in [0.4, 0.5) is 0 Å². The van der Waals surface area contributed by atoms with Gasteiger partial charge in [0.1, 0.15) is 17.4 Å². The van der Waals surface area contributed by atoms with E-state index in [1.807, 2.05) is 26.8 Å². The second-order valence-corrected chi connectivity index (χ2v) is 4.98. The van der Waals surface area contributed by atoms with Gasteiger partial charge >= 0.3 is 0 Å². The van der Waals surface area contributed by atoms with Gasteiger partial charge in [0.15, 0.2) is 0 Å². The third-order valence-corrected chi connectivity index (χ3v) is 3.10. The molecule has 2 N–H and O–H groups in total. The Morgan fingerprint density at radius 1 is 1.33 bits per heavy atom.